The van der Waals surface area contributed by atoms with Crippen molar-refractivity contribution < 1.29 is 14.3 Å². The fourth-order valence-electron chi connectivity index (χ4n) is 3.69. The zero-order chi connectivity index (χ0) is 22.2. The number of ether oxygens (including phenoxy) is 1. The van der Waals surface area contributed by atoms with E-state index in [0.29, 0.717) is 56.8 Å². The van der Waals surface area contributed by atoms with Crippen LogP contribution in [-0.4, -0.2) is 84.2 Å². The highest BCUT2D eigenvalue weighted by Gasteiger charge is 2.22. The molecule has 2 amide bonds. The molecule has 10 nitrogen and oxygen atoms in total. The van der Waals surface area contributed by atoms with Gasteiger partial charge in [0.05, 0.1) is 17.4 Å². The molecule has 0 aliphatic carbocycles. The lowest BCUT2D eigenvalue weighted by Gasteiger charge is -2.34. The van der Waals surface area contributed by atoms with Gasteiger partial charge in [0.2, 0.25) is 11.8 Å². The molecule has 1 aliphatic heterocycles. The monoisotopic (exact) mass is 431 g/mol. The Kier molecular flexibility index (Phi) is 7.96. The van der Waals surface area contributed by atoms with Gasteiger partial charge in [0.15, 0.2) is 0 Å². The van der Waals surface area contributed by atoms with Crippen molar-refractivity contribution >= 4 is 22.7 Å². The summed E-state index contributed by atoms with van der Waals surface area (Å²) < 4.78 is 6.38. The number of nitrogens with zero attached hydrogens (tertiary/aromatic N) is 3. The fourth-order valence-corrected chi connectivity index (χ4v) is 3.69. The number of hydrogen-bond acceptors (Lipinski definition) is 6. The zero-order valence-electron chi connectivity index (χ0n) is 17.8. The second-order valence-electron chi connectivity index (χ2n) is 7.53. The second kappa shape index (κ2) is 10.9. The van der Waals surface area contributed by atoms with Crippen LogP contribution in [0.4, 0.5) is 0 Å². The van der Waals surface area contributed by atoms with E-state index in [4.69, 9.17) is 4.74 Å². The van der Waals surface area contributed by atoms with Gasteiger partial charge in [0.1, 0.15) is 0 Å². The molecular formula is C21H29N5O5. The number of rotatable bonds is 9. The summed E-state index contributed by atoms with van der Waals surface area (Å²) in [5.41, 5.74) is -0.426. The highest BCUT2D eigenvalue weighted by Crippen LogP contribution is 2.09. The van der Waals surface area contributed by atoms with Crippen molar-refractivity contribution in [1.82, 2.24) is 24.7 Å². The smallest absolute Gasteiger partial charge is 0.328 e. The number of piperazine rings is 1. The van der Waals surface area contributed by atoms with Gasteiger partial charge in [-0.2, -0.15) is 0 Å². The van der Waals surface area contributed by atoms with Crippen LogP contribution in [0.1, 0.15) is 12.8 Å². The van der Waals surface area contributed by atoms with Crippen molar-refractivity contribution in [3.05, 3.63) is 45.1 Å². The largest absolute Gasteiger partial charge is 0.385 e. The Hall–Kier alpha value is -2.98. The van der Waals surface area contributed by atoms with Crippen molar-refractivity contribution in [2.24, 2.45) is 0 Å². The first-order valence-corrected chi connectivity index (χ1v) is 10.5. The zero-order valence-corrected chi connectivity index (χ0v) is 17.8. The van der Waals surface area contributed by atoms with Gasteiger partial charge in [0, 0.05) is 59.4 Å². The quantitative estimate of drug-likeness (QED) is 0.511. The molecule has 1 aliphatic rings. The number of nitrogens with one attached hydrogen (secondary N) is 2. The topological polar surface area (TPSA) is 117 Å². The minimum absolute atomic E-state index is 0.0276. The number of fused-ring (bicyclic) bond motifs is 1. The van der Waals surface area contributed by atoms with E-state index >= 15 is 0 Å². The number of aromatic nitrogens is 2. The molecule has 1 fully saturated rings. The van der Waals surface area contributed by atoms with Gasteiger partial charge in [-0.15, -0.1) is 0 Å². The highest BCUT2D eigenvalue weighted by molar-refractivity contribution is 5.79. The molecule has 0 radical (unpaired) electrons. The van der Waals surface area contributed by atoms with E-state index in [-0.39, 0.29) is 24.8 Å². The van der Waals surface area contributed by atoms with E-state index in [0.717, 1.165) is 6.42 Å². The van der Waals surface area contributed by atoms with Crippen molar-refractivity contribution in [3.63, 3.8) is 0 Å². The first kappa shape index (κ1) is 22.7. The fraction of sp³-hybridized carbons (Fsp3) is 0.524. The van der Waals surface area contributed by atoms with E-state index in [9.17, 15) is 19.2 Å². The minimum Gasteiger partial charge on any atom is -0.385 e. The molecule has 0 bridgehead atoms. The summed E-state index contributed by atoms with van der Waals surface area (Å²) >= 11 is 0. The average Bonchev–Trinajstić information content (AvgIpc) is 2.77. The lowest BCUT2D eigenvalue weighted by atomic mass is 10.2. The van der Waals surface area contributed by atoms with Gasteiger partial charge in [0.25, 0.3) is 5.56 Å². The molecule has 3 rings (SSSR count). The first-order chi connectivity index (χ1) is 15.0. The summed E-state index contributed by atoms with van der Waals surface area (Å²) in [5.74, 6) is -0.0777. The standard InChI is InChI=1S/C21H29N5O5/c1-31-14-4-8-22-18(27)15-24-10-12-25(13-11-24)19(28)7-9-26-17-6-3-2-5-16(17)20(29)23-21(26)30/h2-3,5-6H,4,7-15H2,1H3,(H,22,27)(H,23,29,30). The third kappa shape index (κ3) is 6.02. The minimum atomic E-state index is -0.516. The maximum absolute atomic E-state index is 12.6. The van der Waals surface area contributed by atoms with Gasteiger partial charge in [-0.3, -0.25) is 28.8 Å². The van der Waals surface area contributed by atoms with Crippen LogP contribution in [0.2, 0.25) is 0 Å². The van der Waals surface area contributed by atoms with Crippen LogP contribution in [0.3, 0.4) is 0 Å². The molecule has 0 atom stereocenters. The number of carbonyl (C=O) groups is 2. The Morgan fingerprint density at radius 2 is 1.87 bits per heavy atom. The van der Waals surface area contributed by atoms with Gasteiger partial charge in [-0.25, -0.2) is 4.79 Å². The number of methoxy groups -OCH3 is 1. The van der Waals surface area contributed by atoms with Crippen molar-refractivity contribution in [1.29, 1.82) is 0 Å². The molecule has 0 unspecified atom stereocenters. The van der Waals surface area contributed by atoms with Gasteiger partial charge in [-0.1, -0.05) is 12.1 Å². The van der Waals surface area contributed by atoms with Crippen LogP contribution in [0, 0.1) is 0 Å². The predicted molar refractivity (Wildman–Crippen MR) is 116 cm³/mol. The molecular weight excluding hydrogens is 402 g/mol. The third-order valence-electron chi connectivity index (χ3n) is 5.39. The number of aryl methyl sites for hydroxylation is 1. The Morgan fingerprint density at radius 1 is 1.13 bits per heavy atom. The summed E-state index contributed by atoms with van der Waals surface area (Å²) in [6, 6.07) is 6.85. The molecule has 31 heavy (non-hydrogen) atoms. The van der Waals surface area contributed by atoms with Crippen LogP contribution < -0.4 is 16.6 Å². The summed E-state index contributed by atoms with van der Waals surface area (Å²) in [4.78, 5) is 54.9. The molecule has 1 aromatic heterocycles. The Labute approximate surface area is 179 Å². The number of amides is 2. The van der Waals surface area contributed by atoms with E-state index in [1.807, 2.05) is 4.90 Å². The van der Waals surface area contributed by atoms with Crippen molar-refractivity contribution in [2.75, 3.05) is 53.0 Å². The van der Waals surface area contributed by atoms with Crippen LogP contribution in [0.25, 0.3) is 10.9 Å². The van der Waals surface area contributed by atoms with Crippen LogP contribution in [-0.2, 0) is 20.9 Å². The molecule has 0 saturated carbocycles. The Balaban J connectivity index is 1.48. The molecule has 2 N–H and O–H groups in total. The van der Waals surface area contributed by atoms with E-state index in [1.54, 1.807) is 36.3 Å². The molecule has 10 heteroatoms. The molecule has 2 heterocycles. The first-order valence-electron chi connectivity index (χ1n) is 10.5. The Bertz CT molecular complexity index is 1020. The maximum atomic E-state index is 12.6. The SMILES string of the molecule is COCCCNC(=O)CN1CCN(C(=O)CCn2c(=O)[nH]c(=O)c3ccccc32)CC1. The number of H-pyrrole nitrogens is 1. The third-order valence-corrected chi connectivity index (χ3v) is 5.39. The lowest BCUT2D eigenvalue weighted by Crippen LogP contribution is -2.51. The van der Waals surface area contributed by atoms with E-state index in [2.05, 4.69) is 10.3 Å². The molecule has 168 valence electrons. The normalized spacial score (nSPS) is 14.7. The molecule has 1 saturated heterocycles. The van der Waals surface area contributed by atoms with Gasteiger partial charge < -0.3 is 15.0 Å². The Morgan fingerprint density at radius 3 is 2.61 bits per heavy atom. The number of benzene rings is 1. The van der Waals surface area contributed by atoms with Crippen LogP contribution >= 0.6 is 0 Å². The molecule has 1 aromatic carbocycles. The summed E-state index contributed by atoms with van der Waals surface area (Å²) in [5, 5.41) is 3.28. The van der Waals surface area contributed by atoms with Gasteiger partial charge in [-0.05, 0) is 18.6 Å². The predicted octanol–water partition coefficient (Wildman–Crippen LogP) is -0.623. The summed E-state index contributed by atoms with van der Waals surface area (Å²) in [6.07, 6.45) is 0.939. The summed E-state index contributed by atoms with van der Waals surface area (Å²) in [7, 11) is 1.63. The maximum Gasteiger partial charge on any atom is 0.328 e. The molecule has 0 spiro atoms. The molecule has 2 aromatic rings. The number of hydrogen-bond donors (Lipinski definition) is 2. The van der Waals surface area contributed by atoms with E-state index < -0.39 is 11.2 Å². The number of para-hydroxylation sites is 1. The van der Waals surface area contributed by atoms with Crippen LogP contribution in [0.5, 0.6) is 0 Å². The number of aromatic amines is 1. The second-order valence-corrected chi connectivity index (χ2v) is 7.53. The van der Waals surface area contributed by atoms with Crippen molar-refractivity contribution in [3.8, 4) is 0 Å². The van der Waals surface area contributed by atoms with Gasteiger partial charge >= 0.3 is 5.69 Å². The van der Waals surface area contributed by atoms with Crippen LogP contribution in [0.15, 0.2) is 33.9 Å². The van der Waals surface area contributed by atoms with Crippen molar-refractivity contribution in [2.45, 2.75) is 19.4 Å². The summed E-state index contributed by atoms with van der Waals surface area (Å²) in [6.45, 7) is 4.03. The highest BCUT2D eigenvalue weighted by atomic mass is 16.5. The van der Waals surface area contributed by atoms with E-state index in [1.165, 1.54) is 4.57 Å². The average molecular weight is 431 g/mol. The lowest BCUT2D eigenvalue weighted by molar-refractivity contribution is -0.133. The number of carbonyl (C=O) groups excluding carboxylic acids is 2.